The molecule has 0 saturated heterocycles. The number of aromatic nitrogens is 2. The lowest BCUT2D eigenvalue weighted by Gasteiger charge is -2.13. The van der Waals surface area contributed by atoms with Crippen LogP contribution in [0.5, 0.6) is 0 Å². The molecule has 0 fully saturated rings. The number of carbonyl (C=O) groups excluding carboxylic acids is 1. The van der Waals surface area contributed by atoms with Crippen LogP contribution in [0.1, 0.15) is 23.2 Å². The Morgan fingerprint density at radius 1 is 1.50 bits per heavy atom. The van der Waals surface area contributed by atoms with E-state index in [1.165, 1.54) is 25.6 Å². The van der Waals surface area contributed by atoms with Gasteiger partial charge < -0.3 is 15.2 Å². The molecule has 1 unspecified atom stereocenters. The molecule has 7 nitrogen and oxygen atoms in total. The standard InChI is InChI=1S/C11H15N3O4/c1-18-6-2-3-9(11(16)17)14-10(15)8-4-5-12-13-7-8/h4-5,7,9H,2-3,6H2,1H3,(H,14,15)(H,16,17). The summed E-state index contributed by atoms with van der Waals surface area (Å²) in [6, 6.07) is 0.539. The van der Waals surface area contributed by atoms with Crippen molar-refractivity contribution in [1.29, 1.82) is 0 Å². The first kappa shape index (κ1) is 14.0. The smallest absolute Gasteiger partial charge is 0.326 e. The third-order valence-corrected chi connectivity index (χ3v) is 2.29. The number of amides is 1. The van der Waals surface area contributed by atoms with Crippen LogP contribution >= 0.6 is 0 Å². The fourth-order valence-corrected chi connectivity index (χ4v) is 1.36. The van der Waals surface area contributed by atoms with Crippen molar-refractivity contribution in [2.24, 2.45) is 0 Å². The summed E-state index contributed by atoms with van der Waals surface area (Å²) in [5, 5.41) is 18.5. The van der Waals surface area contributed by atoms with Crippen molar-refractivity contribution in [2.45, 2.75) is 18.9 Å². The zero-order valence-electron chi connectivity index (χ0n) is 10.00. The van der Waals surface area contributed by atoms with Crippen molar-refractivity contribution in [2.75, 3.05) is 13.7 Å². The molecule has 0 radical (unpaired) electrons. The molecule has 98 valence electrons. The third-order valence-electron chi connectivity index (χ3n) is 2.29. The van der Waals surface area contributed by atoms with Gasteiger partial charge in [0.15, 0.2) is 0 Å². The third kappa shape index (κ3) is 4.46. The molecular formula is C11H15N3O4. The fourth-order valence-electron chi connectivity index (χ4n) is 1.36. The summed E-state index contributed by atoms with van der Waals surface area (Å²) >= 11 is 0. The number of hydrogen-bond acceptors (Lipinski definition) is 5. The van der Waals surface area contributed by atoms with E-state index >= 15 is 0 Å². The molecule has 7 heteroatoms. The molecule has 0 spiro atoms. The van der Waals surface area contributed by atoms with Gasteiger partial charge in [-0.15, -0.1) is 0 Å². The van der Waals surface area contributed by atoms with Crippen molar-refractivity contribution in [3.63, 3.8) is 0 Å². The molecule has 1 atom stereocenters. The number of carboxylic acid groups (broad SMARTS) is 1. The minimum Gasteiger partial charge on any atom is -0.480 e. The summed E-state index contributed by atoms with van der Waals surface area (Å²) in [6.45, 7) is 0.455. The van der Waals surface area contributed by atoms with Crippen LogP contribution in [0.4, 0.5) is 0 Å². The van der Waals surface area contributed by atoms with E-state index in [9.17, 15) is 9.59 Å². The van der Waals surface area contributed by atoms with E-state index in [2.05, 4.69) is 15.5 Å². The Hall–Kier alpha value is -2.02. The topological polar surface area (TPSA) is 101 Å². The summed E-state index contributed by atoms with van der Waals surface area (Å²) in [5.74, 6) is -1.55. The van der Waals surface area contributed by atoms with E-state index < -0.39 is 17.9 Å². The Bertz CT molecular complexity index is 397. The Morgan fingerprint density at radius 3 is 2.83 bits per heavy atom. The Labute approximate surface area is 104 Å². The second-order valence-corrected chi connectivity index (χ2v) is 3.63. The van der Waals surface area contributed by atoms with Crippen LogP contribution in [0.2, 0.25) is 0 Å². The zero-order valence-corrected chi connectivity index (χ0v) is 10.00. The zero-order chi connectivity index (χ0) is 13.4. The minimum atomic E-state index is -1.07. The van der Waals surface area contributed by atoms with Gasteiger partial charge in [0, 0.05) is 13.7 Å². The maximum absolute atomic E-state index is 11.7. The molecule has 1 amide bonds. The normalized spacial score (nSPS) is 11.8. The number of hydrogen-bond donors (Lipinski definition) is 2. The van der Waals surface area contributed by atoms with E-state index in [4.69, 9.17) is 9.84 Å². The molecule has 0 bridgehead atoms. The molecule has 18 heavy (non-hydrogen) atoms. The molecule has 2 N–H and O–H groups in total. The van der Waals surface area contributed by atoms with Gasteiger partial charge in [-0.25, -0.2) is 4.79 Å². The van der Waals surface area contributed by atoms with Gasteiger partial charge in [0.25, 0.3) is 5.91 Å². The molecule has 0 aliphatic carbocycles. The molecule has 0 aromatic carbocycles. The first-order valence-electron chi connectivity index (χ1n) is 5.44. The summed E-state index contributed by atoms with van der Waals surface area (Å²) in [7, 11) is 1.54. The average Bonchev–Trinajstić information content (AvgIpc) is 2.38. The highest BCUT2D eigenvalue weighted by Crippen LogP contribution is 2.01. The molecular weight excluding hydrogens is 238 g/mol. The van der Waals surface area contributed by atoms with Crippen LogP contribution in [0, 0.1) is 0 Å². The Morgan fingerprint density at radius 2 is 2.28 bits per heavy atom. The van der Waals surface area contributed by atoms with Gasteiger partial charge >= 0.3 is 5.97 Å². The average molecular weight is 253 g/mol. The van der Waals surface area contributed by atoms with Gasteiger partial charge in [-0.2, -0.15) is 10.2 Å². The molecule has 1 rings (SSSR count). The summed E-state index contributed by atoms with van der Waals surface area (Å²) in [6.07, 6.45) is 3.52. The highest BCUT2D eigenvalue weighted by atomic mass is 16.5. The van der Waals surface area contributed by atoms with Gasteiger partial charge in [-0.3, -0.25) is 4.79 Å². The molecule has 1 aromatic heterocycles. The molecule has 1 aromatic rings. The highest BCUT2D eigenvalue weighted by Gasteiger charge is 2.20. The van der Waals surface area contributed by atoms with Crippen LogP contribution in [-0.2, 0) is 9.53 Å². The maximum atomic E-state index is 11.7. The number of rotatable bonds is 7. The highest BCUT2D eigenvalue weighted by molar-refractivity contribution is 5.96. The van der Waals surface area contributed by atoms with Crippen molar-refractivity contribution < 1.29 is 19.4 Å². The summed E-state index contributed by atoms with van der Waals surface area (Å²) in [5.41, 5.74) is 0.281. The second kappa shape index (κ2) is 7.33. The summed E-state index contributed by atoms with van der Waals surface area (Å²) < 4.78 is 4.84. The minimum absolute atomic E-state index is 0.281. The van der Waals surface area contributed by atoms with Crippen LogP contribution in [0.3, 0.4) is 0 Å². The number of nitrogens with zero attached hydrogens (tertiary/aromatic N) is 2. The first-order valence-corrected chi connectivity index (χ1v) is 5.44. The fraction of sp³-hybridized carbons (Fsp3) is 0.455. The molecule has 0 aliphatic heterocycles. The van der Waals surface area contributed by atoms with Gasteiger partial charge in [0.1, 0.15) is 6.04 Å². The van der Waals surface area contributed by atoms with Crippen molar-refractivity contribution >= 4 is 11.9 Å². The number of nitrogens with one attached hydrogen (secondary N) is 1. The largest absolute Gasteiger partial charge is 0.480 e. The summed E-state index contributed by atoms with van der Waals surface area (Å²) in [4.78, 5) is 22.7. The SMILES string of the molecule is COCCCC(NC(=O)c1ccnnc1)C(=O)O. The van der Waals surface area contributed by atoms with Gasteiger partial charge in [-0.05, 0) is 18.9 Å². The van der Waals surface area contributed by atoms with Crippen molar-refractivity contribution in [1.82, 2.24) is 15.5 Å². The molecule has 1 heterocycles. The molecule has 0 saturated carbocycles. The van der Waals surface area contributed by atoms with E-state index in [0.717, 1.165) is 0 Å². The Balaban J connectivity index is 2.55. The number of ether oxygens (including phenoxy) is 1. The van der Waals surface area contributed by atoms with Gasteiger partial charge in [0.05, 0.1) is 18.0 Å². The maximum Gasteiger partial charge on any atom is 0.326 e. The van der Waals surface area contributed by atoms with Gasteiger partial charge in [-0.1, -0.05) is 0 Å². The van der Waals surface area contributed by atoms with Crippen molar-refractivity contribution in [3.8, 4) is 0 Å². The van der Waals surface area contributed by atoms with Gasteiger partial charge in [0.2, 0.25) is 0 Å². The number of carboxylic acids is 1. The lowest BCUT2D eigenvalue weighted by atomic mass is 10.1. The van der Waals surface area contributed by atoms with E-state index in [1.807, 2.05) is 0 Å². The van der Waals surface area contributed by atoms with Crippen molar-refractivity contribution in [3.05, 3.63) is 24.0 Å². The van der Waals surface area contributed by atoms with E-state index in [1.54, 1.807) is 0 Å². The van der Waals surface area contributed by atoms with Crippen LogP contribution < -0.4 is 5.32 Å². The van der Waals surface area contributed by atoms with Crippen LogP contribution in [-0.4, -0.2) is 46.9 Å². The van der Waals surface area contributed by atoms with Crippen LogP contribution in [0.25, 0.3) is 0 Å². The molecule has 0 aliphatic rings. The monoisotopic (exact) mass is 253 g/mol. The second-order valence-electron chi connectivity index (χ2n) is 3.63. The number of aliphatic carboxylic acids is 1. The number of methoxy groups -OCH3 is 1. The quantitative estimate of drug-likeness (QED) is 0.667. The lowest BCUT2D eigenvalue weighted by Crippen LogP contribution is -2.41. The Kier molecular flexibility index (Phi) is 5.72. The van der Waals surface area contributed by atoms with E-state index in [0.29, 0.717) is 19.4 Å². The first-order chi connectivity index (χ1) is 8.65. The van der Waals surface area contributed by atoms with E-state index in [-0.39, 0.29) is 5.56 Å². The number of carbonyl (C=O) groups is 2. The van der Waals surface area contributed by atoms with Crippen LogP contribution in [0.15, 0.2) is 18.5 Å². The predicted octanol–water partition coefficient (Wildman–Crippen LogP) is 0.0862. The lowest BCUT2D eigenvalue weighted by molar-refractivity contribution is -0.139. The predicted molar refractivity (Wildman–Crippen MR) is 62.0 cm³/mol.